The quantitative estimate of drug-likeness (QED) is 0.214. The summed E-state index contributed by atoms with van der Waals surface area (Å²) < 4.78 is 25.3. The summed E-state index contributed by atoms with van der Waals surface area (Å²) in [6.45, 7) is 2.26. The Hall–Kier alpha value is -3.48. The third-order valence-electron chi connectivity index (χ3n) is 6.35. The maximum Gasteiger partial charge on any atom is 0.131 e. The van der Waals surface area contributed by atoms with Gasteiger partial charge >= 0.3 is 0 Å². The minimum atomic E-state index is 0.484. The highest BCUT2D eigenvalue weighted by Gasteiger charge is 2.24. The van der Waals surface area contributed by atoms with Gasteiger partial charge < -0.3 is 18.9 Å². The van der Waals surface area contributed by atoms with E-state index in [0.717, 1.165) is 64.5 Å². The second kappa shape index (κ2) is 11.3. The molecule has 188 valence electrons. The molecule has 0 fully saturated rings. The Morgan fingerprint density at radius 3 is 1.41 bits per heavy atom. The zero-order chi connectivity index (χ0) is 24.9. The Balaban J connectivity index is 1.61. The minimum Gasteiger partial charge on any atom is -0.492 e. The first kappa shape index (κ1) is 23.9. The van der Waals surface area contributed by atoms with Crippen molar-refractivity contribution in [3.8, 4) is 55.0 Å². The molecule has 0 N–H and O–H groups in total. The van der Waals surface area contributed by atoms with Crippen molar-refractivity contribution in [3.63, 3.8) is 0 Å². The van der Waals surface area contributed by atoms with E-state index in [0.29, 0.717) is 26.4 Å². The smallest absolute Gasteiger partial charge is 0.131 e. The summed E-state index contributed by atoms with van der Waals surface area (Å²) in [4.78, 5) is 2.37. The Labute approximate surface area is 225 Å². The number of thiophene rings is 2. The van der Waals surface area contributed by atoms with Crippen LogP contribution >= 0.6 is 22.7 Å². The maximum atomic E-state index is 6.35. The minimum absolute atomic E-state index is 0.484. The van der Waals surface area contributed by atoms with Crippen molar-refractivity contribution < 1.29 is 18.9 Å². The van der Waals surface area contributed by atoms with E-state index >= 15 is 0 Å². The molecule has 6 rings (SSSR count). The van der Waals surface area contributed by atoms with Crippen molar-refractivity contribution >= 4 is 22.7 Å². The molecule has 0 atom stereocenters. The summed E-state index contributed by atoms with van der Waals surface area (Å²) in [5.41, 5.74) is 4.24. The van der Waals surface area contributed by atoms with Crippen molar-refractivity contribution in [3.05, 3.63) is 83.6 Å². The zero-order valence-electron chi connectivity index (χ0n) is 20.5. The lowest BCUT2D eigenvalue weighted by atomic mass is 9.99. The molecule has 2 bridgehead atoms. The third kappa shape index (κ3) is 5.04. The summed E-state index contributed by atoms with van der Waals surface area (Å²) in [5, 5.41) is 4.30. The van der Waals surface area contributed by atoms with Crippen molar-refractivity contribution in [1.82, 2.24) is 0 Å². The van der Waals surface area contributed by atoms with Crippen LogP contribution in [0.4, 0.5) is 0 Å². The first-order valence-electron chi connectivity index (χ1n) is 12.6. The van der Waals surface area contributed by atoms with Crippen LogP contribution in [0.15, 0.2) is 83.6 Å². The maximum absolute atomic E-state index is 6.35. The van der Waals surface area contributed by atoms with Crippen LogP contribution in [-0.2, 0) is 0 Å². The molecular formula is C31H28O4S2. The van der Waals surface area contributed by atoms with E-state index in [9.17, 15) is 0 Å². The number of hydrogen-bond acceptors (Lipinski definition) is 6. The fourth-order valence-corrected chi connectivity index (χ4v) is 6.67. The Morgan fingerprint density at radius 2 is 0.919 bits per heavy atom. The van der Waals surface area contributed by atoms with Crippen LogP contribution in [0.1, 0.15) is 19.3 Å². The van der Waals surface area contributed by atoms with E-state index in [2.05, 4.69) is 53.3 Å². The van der Waals surface area contributed by atoms with Gasteiger partial charge in [0.1, 0.15) is 29.6 Å². The molecule has 37 heavy (non-hydrogen) atoms. The molecule has 0 saturated carbocycles. The lowest BCUT2D eigenvalue weighted by Gasteiger charge is -2.18. The van der Waals surface area contributed by atoms with E-state index in [1.54, 1.807) is 22.7 Å². The van der Waals surface area contributed by atoms with Gasteiger partial charge in [0.2, 0.25) is 0 Å². The molecule has 0 radical (unpaired) electrons. The molecule has 2 aromatic carbocycles. The lowest BCUT2D eigenvalue weighted by Crippen LogP contribution is -2.02. The second-order valence-corrected chi connectivity index (χ2v) is 10.6. The standard InChI is InChI=1S/C31H28O4S2/c1-2-5-17-33-25-11-9-13-27-29(25)23-15-21-37-31(23)30-22(14-20-36-30)28-24(32-16-4-1)10-8-12-26(28)34-18-6-3-7-19-35-27/h1-3,6,8-15,20-21H,4-5,7,16-19H2/b2-1+,6-3+. The average molecular weight is 529 g/mol. The highest BCUT2D eigenvalue weighted by molar-refractivity contribution is 7.21. The molecular weight excluding hydrogens is 500 g/mol. The second-order valence-electron chi connectivity index (χ2n) is 8.75. The highest BCUT2D eigenvalue weighted by atomic mass is 32.1. The van der Waals surface area contributed by atoms with Crippen LogP contribution in [0.2, 0.25) is 0 Å². The van der Waals surface area contributed by atoms with Crippen molar-refractivity contribution in [1.29, 1.82) is 0 Å². The monoisotopic (exact) mass is 528 g/mol. The molecule has 2 aliphatic rings. The predicted molar refractivity (Wildman–Crippen MR) is 153 cm³/mol. The van der Waals surface area contributed by atoms with Crippen LogP contribution in [0, 0.1) is 0 Å². The van der Waals surface area contributed by atoms with Crippen molar-refractivity contribution in [2.24, 2.45) is 0 Å². The molecule has 2 aliphatic heterocycles. The average Bonchev–Trinajstić information content (AvgIpc) is 3.58. The SMILES string of the molecule is C1=C/CCOc2cccc3c2-c2ccsc2-c2sccc2-c2c(cccc2OCC/1)OC/C=C/CCO3. The number of benzene rings is 2. The largest absolute Gasteiger partial charge is 0.492 e. The van der Waals surface area contributed by atoms with Crippen LogP contribution in [0.5, 0.6) is 23.0 Å². The first-order chi connectivity index (χ1) is 18.4. The Bertz CT molecular complexity index is 1430. The number of rotatable bonds is 0. The van der Waals surface area contributed by atoms with Gasteiger partial charge in [-0.15, -0.1) is 22.7 Å². The molecule has 2 aromatic heterocycles. The van der Waals surface area contributed by atoms with E-state index in [-0.39, 0.29) is 0 Å². The molecule has 4 aromatic rings. The lowest BCUT2D eigenvalue weighted by molar-refractivity contribution is 0.310. The Kier molecular flexibility index (Phi) is 7.28. The van der Waals surface area contributed by atoms with Gasteiger partial charge in [-0.2, -0.15) is 0 Å². The fraction of sp³-hybridized carbons (Fsp3) is 0.226. The topological polar surface area (TPSA) is 36.9 Å². The summed E-state index contributed by atoms with van der Waals surface area (Å²) in [7, 11) is 0. The van der Waals surface area contributed by atoms with Gasteiger partial charge in [-0.1, -0.05) is 36.4 Å². The van der Waals surface area contributed by atoms with Crippen LogP contribution < -0.4 is 18.9 Å². The van der Waals surface area contributed by atoms with Gasteiger partial charge in [-0.25, -0.2) is 0 Å². The normalized spacial score (nSPS) is 17.2. The van der Waals surface area contributed by atoms with Crippen molar-refractivity contribution in [2.45, 2.75) is 19.3 Å². The van der Waals surface area contributed by atoms with Crippen LogP contribution in [-0.4, -0.2) is 26.4 Å². The molecule has 0 aliphatic carbocycles. The Morgan fingerprint density at radius 1 is 0.486 bits per heavy atom. The van der Waals surface area contributed by atoms with E-state index in [1.165, 1.54) is 9.75 Å². The fourth-order valence-electron chi connectivity index (χ4n) is 4.67. The van der Waals surface area contributed by atoms with Gasteiger partial charge in [0.05, 0.1) is 40.7 Å². The van der Waals surface area contributed by atoms with Gasteiger partial charge in [0, 0.05) is 11.1 Å². The summed E-state index contributed by atoms with van der Waals surface area (Å²) in [6.07, 6.45) is 10.9. The van der Waals surface area contributed by atoms with E-state index < -0.39 is 0 Å². The molecule has 0 saturated heterocycles. The summed E-state index contributed by atoms with van der Waals surface area (Å²) >= 11 is 3.47. The molecule has 4 heterocycles. The molecule has 4 nitrogen and oxygen atoms in total. The van der Waals surface area contributed by atoms with Crippen LogP contribution in [0.25, 0.3) is 32.0 Å². The van der Waals surface area contributed by atoms with Gasteiger partial charge in [0.15, 0.2) is 0 Å². The predicted octanol–water partition coefficient (Wildman–Crippen LogP) is 8.64. The van der Waals surface area contributed by atoms with Gasteiger partial charge in [0.25, 0.3) is 0 Å². The van der Waals surface area contributed by atoms with Crippen LogP contribution in [0.3, 0.4) is 0 Å². The zero-order valence-corrected chi connectivity index (χ0v) is 22.1. The number of ether oxygens (including phenoxy) is 4. The molecule has 0 unspecified atom stereocenters. The highest BCUT2D eigenvalue weighted by Crippen LogP contribution is 2.52. The third-order valence-corrected chi connectivity index (χ3v) is 8.34. The van der Waals surface area contributed by atoms with Gasteiger partial charge in [-0.05, 0) is 66.4 Å². The summed E-state index contributed by atoms with van der Waals surface area (Å²) in [6, 6.07) is 16.6. The van der Waals surface area contributed by atoms with E-state index in [1.807, 2.05) is 30.3 Å². The van der Waals surface area contributed by atoms with E-state index in [4.69, 9.17) is 18.9 Å². The first-order valence-corrected chi connectivity index (χ1v) is 14.4. The molecule has 0 amide bonds. The molecule has 0 spiro atoms. The van der Waals surface area contributed by atoms with Crippen molar-refractivity contribution in [2.75, 3.05) is 26.4 Å². The summed E-state index contributed by atoms with van der Waals surface area (Å²) in [5.74, 6) is 3.36. The van der Waals surface area contributed by atoms with Gasteiger partial charge in [-0.3, -0.25) is 0 Å². The molecule has 6 heteroatoms. The number of hydrogen-bond donors (Lipinski definition) is 0.